The number of hydrogen-bond acceptors (Lipinski definition) is 9. The van der Waals surface area contributed by atoms with Crippen LogP contribution in [0.2, 0.25) is 0 Å². The van der Waals surface area contributed by atoms with Gasteiger partial charge in [-0.3, -0.25) is 0 Å². The third kappa shape index (κ3) is 11.1. The molecular formula is C108H81B3N8O. The second-order valence-electron chi connectivity index (χ2n) is 30.6. The molecule has 0 aliphatic carbocycles. The van der Waals surface area contributed by atoms with Gasteiger partial charge in [0.1, 0.15) is 11.5 Å². The molecule has 0 aromatic heterocycles. The molecule has 12 heteroatoms. The van der Waals surface area contributed by atoms with E-state index in [1.54, 1.807) is 36.4 Å². The minimum absolute atomic E-state index is 0.0290. The van der Waals surface area contributed by atoms with E-state index < -0.39 is 236 Å². The maximum atomic E-state index is 9.98. The highest BCUT2D eigenvalue weighted by Crippen LogP contribution is 2.54. The lowest BCUT2D eigenvalue weighted by molar-refractivity contribution is 0.488. The van der Waals surface area contributed by atoms with Crippen LogP contribution in [0.4, 0.5) is 131 Å². The van der Waals surface area contributed by atoms with Gasteiger partial charge in [0.05, 0.1) is 69.6 Å². The fourth-order valence-electron chi connectivity index (χ4n) is 19.3. The zero-order valence-corrected chi connectivity index (χ0v) is 65.2. The van der Waals surface area contributed by atoms with Crippen LogP contribution < -0.4 is 93.5 Å². The van der Waals surface area contributed by atoms with Crippen molar-refractivity contribution in [2.24, 2.45) is 0 Å². The first-order valence-corrected chi connectivity index (χ1v) is 39.3. The lowest BCUT2D eigenvalue weighted by atomic mass is 9.29. The molecule has 0 radical (unpaired) electrons. The fourth-order valence-corrected chi connectivity index (χ4v) is 19.3. The van der Waals surface area contributed by atoms with Crippen molar-refractivity contribution in [3.05, 3.63) is 409 Å². The van der Waals surface area contributed by atoms with E-state index in [2.05, 4.69) is 17.4 Å². The highest BCUT2D eigenvalue weighted by atomic mass is 16.5. The quantitative estimate of drug-likeness (QED) is 0.114. The van der Waals surface area contributed by atoms with Crippen molar-refractivity contribution in [3.63, 3.8) is 0 Å². The molecule has 17 aromatic carbocycles. The molecule has 0 unspecified atom stereocenters. The molecule has 0 spiro atoms. The van der Waals surface area contributed by atoms with Crippen LogP contribution in [0.15, 0.2) is 375 Å². The highest BCUT2D eigenvalue weighted by molar-refractivity contribution is 7.04. The second-order valence-corrected chi connectivity index (χ2v) is 30.6. The average Bonchev–Trinajstić information content (AvgIpc) is 0.710. The Morgan fingerprint density at radius 2 is 0.600 bits per heavy atom. The molecule has 0 fully saturated rings. The third-order valence-electron chi connectivity index (χ3n) is 23.5. The van der Waals surface area contributed by atoms with Gasteiger partial charge in [0.15, 0.2) is 0 Å². The summed E-state index contributed by atoms with van der Waals surface area (Å²) < 4.78 is 292. The van der Waals surface area contributed by atoms with Crippen molar-refractivity contribution in [1.82, 2.24) is 0 Å². The van der Waals surface area contributed by atoms with Gasteiger partial charge in [0.2, 0.25) is 0 Å². The van der Waals surface area contributed by atoms with Crippen molar-refractivity contribution in [3.8, 4) is 11.5 Å². The van der Waals surface area contributed by atoms with Crippen LogP contribution >= 0.6 is 0 Å². The molecule has 6 heterocycles. The summed E-state index contributed by atoms with van der Waals surface area (Å²) in [6.45, 7) is 8.90. The number of anilines is 23. The van der Waals surface area contributed by atoms with Gasteiger partial charge in [0, 0.05) is 115 Å². The lowest BCUT2D eigenvalue weighted by Crippen LogP contribution is -2.65. The Kier molecular flexibility index (Phi) is 10.7. The maximum absolute atomic E-state index is 9.98. The van der Waals surface area contributed by atoms with E-state index in [1.807, 2.05) is 207 Å². The first-order chi connectivity index (χ1) is 71.4. The molecule has 120 heavy (non-hydrogen) atoms. The first kappa shape index (κ1) is 46.2. The van der Waals surface area contributed by atoms with Gasteiger partial charge in [-0.1, -0.05) is 229 Å². The zero-order chi connectivity index (χ0) is 106. The minimum Gasteiger partial charge on any atom is -0.458 e. The number of para-hydroxylation sites is 10. The number of hydrogen-bond donors (Lipinski definition) is 1. The normalized spacial score (nSPS) is 16.6. The van der Waals surface area contributed by atoms with E-state index in [9.17, 15) is 32.9 Å². The lowest BCUT2D eigenvalue weighted by Gasteiger charge is -2.47. The molecule has 1 N–H and O–H groups in total. The van der Waals surface area contributed by atoms with E-state index in [-0.39, 0.29) is 34.2 Å². The molecule has 17 aromatic rings. The maximum Gasteiger partial charge on any atom is 0.256 e. The fraction of sp³-hybridized carbons (Fsp3) is 0.0556. The van der Waals surface area contributed by atoms with Crippen LogP contribution in [0.1, 0.15) is 74.5 Å². The van der Waals surface area contributed by atoms with Crippen LogP contribution in [0, 0.1) is 41.5 Å². The largest absolute Gasteiger partial charge is 0.458 e. The van der Waals surface area contributed by atoms with Crippen molar-refractivity contribution in [2.45, 2.75) is 41.5 Å². The van der Waals surface area contributed by atoms with Gasteiger partial charge < -0.3 is 44.4 Å². The van der Waals surface area contributed by atoms with Crippen LogP contribution in [0.25, 0.3) is 0 Å². The predicted molar refractivity (Wildman–Crippen MR) is 508 cm³/mol. The standard InChI is InChI=1S/C108H81B3N8O/c1-69-55-71(3)107(72(4)56-69)118-96-67-92-88(109-86-51-31-33-53-94(86)116(81-47-27-13-28-48-81)98-60-83(59-93(112-92)104(98)109)113(75-35-15-7-16-36-75)76-37-17-8-18-38-76)65-89(96)111-91-66-90-97(68-102(91)120-103-64-85(63-101(118)106(103)111)115(79-43-23-11-24-44-79)80-45-25-12-26-46-80)119(108-73(5)57-70(2)58-74(108)6)100-62-84(114(77-39-19-9-20-40-77)78-41-21-10-22-42-78)61-99-105(100)110(90)87-52-32-34-54-95(87)117(99)82-49-29-14-30-50-82/h7-68,112H,1-6H3/i7D,8D,9D,10D,11D,12D,15D,16D,17D,18D,19D,20D,21D,22D,23D,24D,25D,26D,35D,36D,37D,38D,39D,40D,41D,42D,43D,44D,45D,46D. The smallest absolute Gasteiger partial charge is 0.256 e. The van der Waals surface area contributed by atoms with Gasteiger partial charge in [-0.05, 0) is 258 Å². The van der Waals surface area contributed by atoms with Gasteiger partial charge in [-0.2, -0.15) is 0 Å². The SMILES string of the molecule is [2H]c1c([2H])c([2H])c(N(c2cc3c4c(c2)N(c2ccccc2)c2ccccc2B4c2cc4c(cc2N3)N(c2c(C)cc(C)cc2C)c2cc(N(c3c([2H])c([2H])c([2H])c([2H])c3[2H])c3c([2H])c([2H])c([2H])c([2H])c3[2H])cc3c2B4c2cc4c(cc2O3)N(c2c(C)cc(C)cc2C)c2cc(N(c3c([2H])c([2H])c([2H])c([2H])c3[2H])c3c([2H])c([2H])c([2H])c([2H])c3[2H])cc3c2B4c2ccccc2N3c2ccccc2)c2c([2H])c([2H])c([2H])c([2H])c2[2H])c([2H])c1[2H]. The minimum atomic E-state index is -1.07. The third-order valence-corrected chi connectivity index (χ3v) is 23.5. The van der Waals surface area contributed by atoms with E-state index >= 15 is 0 Å². The number of nitrogens with one attached hydrogen (secondary N) is 1. The summed E-state index contributed by atoms with van der Waals surface area (Å²) in [6.07, 6.45) is 0. The van der Waals surface area contributed by atoms with Crippen LogP contribution in [-0.2, 0) is 0 Å². The molecule has 0 saturated carbocycles. The van der Waals surface area contributed by atoms with E-state index in [0.717, 1.165) is 47.9 Å². The topological polar surface area (TPSA) is 43.9 Å². The van der Waals surface area contributed by atoms with Crippen LogP contribution in [-0.4, -0.2) is 20.1 Å². The Bertz CT molecular complexity index is 8550. The summed E-state index contributed by atoms with van der Waals surface area (Å²) in [5.74, 6) is 0.198. The van der Waals surface area contributed by atoms with Gasteiger partial charge in [-0.15, -0.1) is 0 Å². The molecule has 568 valence electrons. The van der Waals surface area contributed by atoms with Crippen LogP contribution in [0.3, 0.4) is 0 Å². The number of ether oxygens (including phenoxy) is 1. The predicted octanol–water partition coefficient (Wildman–Crippen LogP) is 22.8. The molecule has 0 bridgehead atoms. The molecule has 0 atom stereocenters. The number of rotatable bonds is 13. The van der Waals surface area contributed by atoms with E-state index in [1.165, 1.54) is 0 Å². The summed E-state index contributed by atoms with van der Waals surface area (Å²) in [5.41, 5.74) is 13.4. The molecule has 9 nitrogen and oxygen atoms in total. The van der Waals surface area contributed by atoms with Gasteiger partial charge >= 0.3 is 0 Å². The molecule has 23 rings (SSSR count). The zero-order valence-electron chi connectivity index (χ0n) is 95.2. The Morgan fingerprint density at radius 1 is 0.258 bits per heavy atom. The molecule has 0 saturated heterocycles. The Morgan fingerprint density at radius 3 is 1.03 bits per heavy atom. The van der Waals surface area contributed by atoms with Gasteiger partial charge in [-0.25, -0.2) is 0 Å². The summed E-state index contributed by atoms with van der Waals surface area (Å²) in [5, 5.41) is 3.89. The summed E-state index contributed by atoms with van der Waals surface area (Å²) in [7, 11) is 0. The number of benzene rings is 17. The molecular weight excluding hydrogens is 1460 g/mol. The molecule has 6 aliphatic heterocycles. The second kappa shape index (κ2) is 27.9. The summed E-state index contributed by atoms with van der Waals surface area (Å²) in [4.78, 5) is 11.5. The molecule has 6 aliphatic rings. The van der Waals surface area contributed by atoms with Crippen LogP contribution in [0.5, 0.6) is 11.5 Å². The van der Waals surface area contributed by atoms with Crippen molar-refractivity contribution in [1.29, 1.82) is 0 Å². The number of nitrogens with zero attached hydrogens (tertiary/aromatic N) is 7. The van der Waals surface area contributed by atoms with E-state index in [0.29, 0.717) is 123 Å². The number of fused-ring (bicyclic) bond motifs is 12. The Balaban J connectivity index is 0.871. The Hall–Kier alpha value is -14.9. The molecule has 0 amide bonds. The average molecular weight is 1570 g/mol. The first-order valence-electron chi connectivity index (χ1n) is 54.3. The van der Waals surface area contributed by atoms with E-state index in [4.69, 9.17) is 13.0 Å². The Labute approximate surface area is 744 Å². The highest BCUT2D eigenvalue weighted by Gasteiger charge is 2.51. The number of aryl methyl sites for hydroxylation is 6. The monoisotopic (exact) mass is 1570 g/mol. The van der Waals surface area contributed by atoms with Crippen molar-refractivity contribution in [2.75, 3.05) is 39.6 Å². The van der Waals surface area contributed by atoms with Crippen molar-refractivity contribution < 1.29 is 45.9 Å². The summed E-state index contributed by atoms with van der Waals surface area (Å²) in [6, 6.07) is 36.8. The van der Waals surface area contributed by atoms with Crippen molar-refractivity contribution >= 4 is 200 Å². The van der Waals surface area contributed by atoms with Gasteiger partial charge in [0.25, 0.3) is 20.1 Å². The summed E-state index contributed by atoms with van der Waals surface area (Å²) >= 11 is 0.